The van der Waals surface area contributed by atoms with Gasteiger partial charge in [0.15, 0.2) is 0 Å². The summed E-state index contributed by atoms with van der Waals surface area (Å²) in [6.45, 7) is 4.76. The van der Waals surface area contributed by atoms with Gasteiger partial charge in [-0.25, -0.2) is 4.98 Å². The molecule has 3 heterocycles. The van der Waals surface area contributed by atoms with Crippen LogP contribution in [0.15, 0.2) is 29.0 Å². The second kappa shape index (κ2) is 5.91. The number of pyridine rings is 1. The fourth-order valence-corrected chi connectivity index (χ4v) is 2.93. The number of imidazole rings is 1. The highest BCUT2D eigenvalue weighted by Gasteiger charge is 2.28. The van der Waals surface area contributed by atoms with E-state index in [2.05, 4.69) is 27.4 Å². The number of hydrogen-bond donors (Lipinski definition) is 0. The van der Waals surface area contributed by atoms with Crippen molar-refractivity contribution in [3.63, 3.8) is 0 Å². The largest absolute Gasteiger partial charge is 1.00 e. The highest BCUT2D eigenvalue weighted by Crippen LogP contribution is 2.23. The second-order valence-electron chi connectivity index (χ2n) is 5.12. The van der Waals surface area contributed by atoms with Gasteiger partial charge in [0.25, 0.3) is 0 Å². The Morgan fingerprint density at radius 1 is 1.37 bits per heavy atom. The van der Waals surface area contributed by atoms with Crippen LogP contribution < -0.4 is 17.0 Å². The number of rotatable bonds is 2. The van der Waals surface area contributed by atoms with Gasteiger partial charge in [-0.15, -0.1) is 0 Å². The van der Waals surface area contributed by atoms with Crippen molar-refractivity contribution < 1.29 is 26.2 Å². The summed E-state index contributed by atoms with van der Waals surface area (Å²) in [5, 5.41) is 0. The van der Waals surface area contributed by atoms with Crippen LogP contribution in [-0.4, -0.2) is 47.2 Å². The standard InChI is InChI=1S/C13H17BrN3O.BrH/c1-17(6-8-18-9-7-17)10-11-13(14)16-5-3-2-4-12(16)15-11;/h2-5H,6-10H2,1H3;1H/q+1;/p-1. The van der Waals surface area contributed by atoms with Crippen molar-refractivity contribution in [3.05, 3.63) is 34.7 Å². The molecule has 0 unspecified atom stereocenters. The van der Waals surface area contributed by atoms with E-state index in [1.807, 2.05) is 24.4 Å². The van der Waals surface area contributed by atoms with Gasteiger partial charge in [0, 0.05) is 6.20 Å². The molecule has 0 spiro atoms. The first-order valence-corrected chi connectivity index (χ1v) is 7.00. The van der Waals surface area contributed by atoms with Gasteiger partial charge in [-0.3, -0.25) is 4.40 Å². The monoisotopic (exact) mass is 389 g/mol. The number of fused-ring (bicyclic) bond motifs is 1. The van der Waals surface area contributed by atoms with Crippen molar-refractivity contribution in [2.45, 2.75) is 6.54 Å². The minimum Gasteiger partial charge on any atom is -1.00 e. The molecule has 0 amide bonds. The number of nitrogens with zero attached hydrogens (tertiary/aromatic N) is 3. The summed E-state index contributed by atoms with van der Waals surface area (Å²) in [5.41, 5.74) is 2.13. The third-order valence-corrected chi connectivity index (χ3v) is 4.46. The maximum Gasteiger partial charge on any atom is 0.138 e. The van der Waals surface area contributed by atoms with Crippen LogP contribution in [0.25, 0.3) is 5.65 Å². The van der Waals surface area contributed by atoms with Crippen molar-refractivity contribution in [3.8, 4) is 0 Å². The maximum absolute atomic E-state index is 5.44. The number of aromatic nitrogens is 2. The van der Waals surface area contributed by atoms with Crippen LogP contribution in [0, 0.1) is 0 Å². The lowest BCUT2D eigenvalue weighted by Gasteiger charge is -2.37. The van der Waals surface area contributed by atoms with Gasteiger partial charge >= 0.3 is 0 Å². The smallest absolute Gasteiger partial charge is 0.138 e. The summed E-state index contributed by atoms with van der Waals surface area (Å²) >= 11 is 3.66. The molecular weight excluding hydrogens is 374 g/mol. The Morgan fingerprint density at radius 3 is 2.79 bits per heavy atom. The van der Waals surface area contributed by atoms with Crippen molar-refractivity contribution in [2.75, 3.05) is 33.4 Å². The Labute approximate surface area is 131 Å². The molecule has 2 aromatic heterocycles. The molecule has 0 aliphatic carbocycles. The molecule has 6 heteroatoms. The number of halogens is 2. The molecule has 0 bridgehead atoms. The molecule has 2 aromatic rings. The number of ether oxygens (including phenoxy) is 1. The van der Waals surface area contributed by atoms with Crippen LogP contribution in [-0.2, 0) is 11.3 Å². The van der Waals surface area contributed by atoms with E-state index in [-0.39, 0.29) is 17.0 Å². The Balaban J connectivity index is 0.00000133. The van der Waals surface area contributed by atoms with E-state index >= 15 is 0 Å². The Kier molecular flexibility index (Phi) is 4.66. The van der Waals surface area contributed by atoms with Crippen LogP contribution in [0.5, 0.6) is 0 Å². The van der Waals surface area contributed by atoms with Gasteiger partial charge in [-0.05, 0) is 28.1 Å². The number of hydrogen-bond acceptors (Lipinski definition) is 2. The molecule has 0 atom stereocenters. The molecule has 1 fully saturated rings. The molecule has 4 nitrogen and oxygen atoms in total. The fourth-order valence-electron chi connectivity index (χ4n) is 2.42. The van der Waals surface area contributed by atoms with E-state index in [0.717, 1.165) is 53.3 Å². The average molecular weight is 391 g/mol. The summed E-state index contributed by atoms with van der Waals surface area (Å²) < 4.78 is 9.60. The van der Waals surface area contributed by atoms with Gasteiger partial charge in [-0.2, -0.15) is 0 Å². The molecule has 1 aliphatic rings. The first kappa shape index (κ1) is 15.0. The molecule has 104 valence electrons. The summed E-state index contributed by atoms with van der Waals surface area (Å²) in [6.07, 6.45) is 2.04. The summed E-state index contributed by atoms with van der Waals surface area (Å²) in [6, 6.07) is 6.07. The minimum absolute atomic E-state index is 0. The predicted molar refractivity (Wildman–Crippen MR) is 73.3 cm³/mol. The average Bonchev–Trinajstić information content (AvgIpc) is 2.67. The molecular formula is C13H17Br2N3O. The summed E-state index contributed by atoms with van der Waals surface area (Å²) in [5.74, 6) is 0. The number of likely N-dealkylation sites (N-methyl/N-ethyl adjacent to an activating group) is 1. The normalized spacial score (nSPS) is 18.2. The van der Waals surface area contributed by atoms with E-state index in [1.54, 1.807) is 0 Å². The van der Waals surface area contributed by atoms with Crippen LogP contribution in [0.2, 0.25) is 0 Å². The molecule has 1 saturated heterocycles. The van der Waals surface area contributed by atoms with Crippen molar-refractivity contribution in [1.82, 2.24) is 9.38 Å². The number of morpholine rings is 1. The third-order valence-electron chi connectivity index (χ3n) is 3.62. The fraction of sp³-hybridized carbons (Fsp3) is 0.462. The van der Waals surface area contributed by atoms with Crippen molar-refractivity contribution >= 4 is 21.6 Å². The topological polar surface area (TPSA) is 26.5 Å². The quantitative estimate of drug-likeness (QED) is 0.620. The summed E-state index contributed by atoms with van der Waals surface area (Å²) in [7, 11) is 2.28. The van der Waals surface area contributed by atoms with E-state index in [0.29, 0.717) is 0 Å². The highest BCUT2D eigenvalue weighted by atomic mass is 79.9. The summed E-state index contributed by atoms with van der Waals surface area (Å²) in [4.78, 5) is 4.71. The predicted octanol–water partition coefficient (Wildman–Crippen LogP) is -0.922. The lowest BCUT2D eigenvalue weighted by atomic mass is 10.3. The van der Waals surface area contributed by atoms with Crippen LogP contribution >= 0.6 is 15.9 Å². The van der Waals surface area contributed by atoms with Gasteiger partial charge in [-0.1, -0.05) is 6.07 Å². The van der Waals surface area contributed by atoms with E-state index < -0.39 is 0 Å². The SMILES string of the molecule is C[N+]1(Cc2nc3ccccn3c2Br)CCOCC1.[Br-]. The van der Waals surface area contributed by atoms with Crippen molar-refractivity contribution in [1.29, 1.82) is 0 Å². The zero-order chi connectivity index (χ0) is 12.6. The second-order valence-corrected chi connectivity index (χ2v) is 5.87. The van der Waals surface area contributed by atoms with Crippen LogP contribution in [0.3, 0.4) is 0 Å². The van der Waals surface area contributed by atoms with Gasteiger partial charge < -0.3 is 26.2 Å². The van der Waals surface area contributed by atoms with Crippen molar-refractivity contribution in [2.24, 2.45) is 0 Å². The van der Waals surface area contributed by atoms with Gasteiger partial charge in [0.1, 0.15) is 35.6 Å². The molecule has 0 N–H and O–H groups in total. The van der Waals surface area contributed by atoms with Gasteiger partial charge in [0.05, 0.1) is 20.3 Å². The zero-order valence-electron chi connectivity index (χ0n) is 10.9. The lowest BCUT2D eigenvalue weighted by Crippen LogP contribution is -3.00. The van der Waals surface area contributed by atoms with Crippen LogP contribution in [0.4, 0.5) is 0 Å². The molecule has 0 saturated carbocycles. The van der Waals surface area contributed by atoms with Gasteiger partial charge in [0.2, 0.25) is 0 Å². The zero-order valence-corrected chi connectivity index (χ0v) is 14.0. The Morgan fingerprint density at radius 2 is 2.11 bits per heavy atom. The molecule has 1 aliphatic heterocycles. The number of quaternary nitrogens is 1. The first-order valence-electron chi connectivity index (χ1n) is 6.21. The Hall–Kier alpha value is -0.430. The Bertz CT molecular complexity index is 564. The van der Waals surface area contributed by atoms with Crippen LogP contribution in [0.1, 0.15) is 5.69 Å². The molecule has 0 aromatic carbocycles. The first-order chi connectivity index (χ1) is 8.68. The molecule has 0 radical (unpaired) electrons. The minimum atomic E-state index is 0. The van der Waals surface area contributed by atoms with E-state index in [4.69, 9.17) is 9.72 Å². The third kappa shape index (κ3) is 3.02. The highest BCUT2D eigenvalue weighted by molar-refractivity contribution is 9.10. The van der Waals surface area contributed by atoms with E-state index in [1.165, 1.54) is 0 Å². The maximum atomic E-state index is 5.44. The molecule has 19 heavy (non-hydrogen) atoms. The lowest BCUT2D eigenvalue weighted by molar-refractivity contribution is -0.929. The van der Waals surface area contributed by atoms with E-state index in [9.17, 15) is 0 Å². The molecule has 3 rings (SSSR count).